The van der Waals surface area contributed by atoms with E-state index in [1.807, 2.05) is 40.2 Å². The van der Waals surface area contributed by atoms with Gasteiger partial charge in [0.15, 0.2) is 6.29 Å². The summed E-state index contributed by atoms with van der Waals surface area (Å²) in [4.78, 5) is 25.6. The van der Waals surface area contributed by atoms with E-state index in [1.54, 1.807) is 46.2 Å². The predicted octanol–water partition coefficient (Wildman–Crippen LogP) is 8.94. The molecule has 14 nitrogen and oxygen atoms in total. The van der Waals surface area contributed by atoms with E-state index >= 15 is 0 Å². The van der Waals surface area contributed by atoms with Crippen LogP contribution in [0.15, 0.2) is 99.8 Å². The predicted molar refractivity (Wildman–Crippen MR) is 280 cm³/mol. The number of anilines is 2. The second kappa shape index (κ2) is 30.2. The molecule has 0 fully saturated rings. The van der Waals surface area contributed by atoms with Gasteiger partial charge in [-0.05, 0) is 140 Å². The molecule has 0 aliphatic rings. The number of benzene rings is 2. The van der Waals surface area contributed by atoms with Crippen molar-refractivity contribution >= 4 is 99.9 Å². The van der Waals surface area contributed by atoms with Crippen molar-refractivity contribution in [2.24, 2.45) is 0 Å². The Bertz CT molecular complexity index is 3110. The molecule has 410 valence electrons. The number of hydrogen-bond acceptors (Lipinski definition) is 12. The zero-order valence-electron chi connectivity index (χ0n) is 42.5. The van der Waals surface area contributed by atoms with E-state index in [0.29, 0.717) is 45.6 Å². The number of rotatable bonds is 13. The molecule has 0 radical (unpaired) electrons. The number of alkyl halides is 6. The topological polar surface area (TPSA) is 182 Å². The van der Waals surface area contributed by atoms with Crippen LogP contribution in [0, 0.1) is 48.0 Å². The molecule has 0 spiro atoms. The number of methoxy groups -OCH3 is 2. The number of hydrogen-bond donors (Lipinski definition) is 1. The van der Waals surface area contributed by atoms with Gasteiger partial charge in [-0.1, -0.05) is 23.2 Å². The Balaban J connectivity index is 0.000000616. The van der Waals surface area contributed by atoms with Crippen molar-refractivity contribution < 1.29 is 75.0 Å². The monoisotopic (exact) mass is 1240 g/mol. The number of ether oxygens (including phenoxy) is 2. The van der Waals surface area contributed by atoms with Crippen LogP contribution in [-0.4, -0.2) is 98.9 Å². The first-order valence-electron chi connectivity index (χ1n) is 21.5. The van der Waals surface area contributed by atoms with E-state index in [2.05, 4.69) is 35.9 Å². The molecule has 0 saturated heterocycles. The van der Waals surface area contributed by atoms with Crippen LogP contribution >= 0.6 is 39.1 Å². The Hall–Kier alpha value is -4.21. The average molecular weight is 1240 g/mol. The van der Waals surface area contributed by atoms with Gasteiger partial charge in [0.1, 0.15) is 24.2 Å². The Kier molecular flexibility index (Phi) is 27.8. The molecule has 1 atom stereocenters. The summed E-state index contributed by atoms with van der Waals surface area (Å²) >= 11 is 14.4. The third-order valence-corrected chi connectivity index (χ3v) is 14.9. The number of aromatic nitrogens is 4. The molecule has 0 saturated carbocycles. The number of halogens is 10. The van der Waals surface area contributed by atoms with Crippen LogP contribution in [0.4, 0.5) is 37.7 Å². The molecular formula is C49H52BrCl3F6MgN6O8S2. The zero-order chi connectivity index (χ0) is 56.1. The molecule has 4 heterocycles. The van der Waals surface area contributed by atoms with Crippen molar-refractivity contribution in [1.82, 2.24) is 19.9 Å². The number of carbonyl (C=O) groups is 1. The van der Waals surface area contributed by atoms with E-state index in [-0.39, 0.29) is 57.1 Å². The quantitative estimate of drug-likeness (QED) is 0.0290. The third-order valence-electron chi connectivity index (χ3n) is 10.1. The fourth-order valence-corrected chi connectivity index (χ4v) is 10.4. The summed E-state index contributed by atoms with van der Waals surface area (Å²) in [5, 5.41) is 10.0. The Labute approximate surface area is 479 Å². The van der Waals surface area contributed by atoms with Gasteiger partial charge in [0.05, 0.1) is 48.0 Å². The third kappa shape index (κ3) is 17.9. The Morgan fingerprint density at radius 1 is 0.684 bits per heavy atom. The van der Waals surface area contributed by atoms with Gasteiger partial charge in [0.25, 0.3) is 20.0 Å². The first-order chi connectivity index (χ1) is 34.4. The van der Waals surface area contributed by atoms with Crippen LogP contribution in [-0.2, 0) is 41.9 Å². The summed E-state index contributed by atoms with van der Waals surface area (Å²) in [5.41, 5.74) is 2.89. The van der Waals surface area contributed by atoms with Crippen LogP contribution in [0.2, 0.25) is 10.0 Å². The van der Waals surface area contributed by atoms with Gasteiger partial charge in [-0.3, -0.25) is 19.7 Å². The summed E-state index contributed by atoms with van der Waals surface area (Å²) in [6.07, 6.45) is -1.94. The maximum Gasteiger partial charge on any atom is 2.00 e. The minimum absolute atomic E-state index is 0. The largest absolute Gasteiger partial charge is 2.00 e. The molecule has 27 heteroatoms. The minimum Gasteiger partial charge on any atom is -1.00 e. The summed E-state index contributed by atoms with van der Waals surface area (Å²) in [6.45, 7) is 13.6. The van der Waals surface area contributed by atoms with Gasteiger partial charge < -0.3 is 33.4 Å². The van der Waals surface area contributed by atoms with Crippen LogP contribution < -0.4 is 21.0 Å². The first kappa shape index (κ1) is 69.8. The summed E-state index contributed by atoms with van der Waals surface area (Å²) < 4.78 is 144. The Morgan fingerprint density at radius 3 is 1.49 bits per heavy atom. The molecule has 0 amide bonds. The Morgan fingerprint density at radius 2 is 1.09 bits per heavy atom. The summed E-state index contributed by atoms with van der Waals surface area (Å²) in [5.74, 6) is 0. The van der Waals surface area contributed by atoms with Crippen molar-refractivity contribution in [1.29, 1.82) is 0 Å². The van der Waals surface area contributed by atoms with Crippen LogP contribution in [0.1, 0.15) is 86.3 Å². The summed E-state index contributed by atoms with van der Waals surface area (Å²) in [6, 6.07) is 11.2. The van der Waals surface area contributed by atoms with Crippen LogP contribution in [0.3, 0.4) is 0 Å². The van der Waals surface area contributed by atoms with Crippen molar-refractivity contribution in [2.75, 3.05) is 36.3 Å². The van der Waals surface area contributed by atoms with E-state index in [0.717, 1.165) is 50.4 Å². The van der Waals surface area contributed by atoms with Gasteiger partial charge in [-0.25, -0.2) is 30.4 Å². The van der Waals surface area contributed by atoms with E-state index in [9.17, 15) is 53.1 Å². The molecule has 0 bridgehead atoms. The van der Waals surface area contributed by atoms with Crippen molar-refractivity contribution in [3.05, 3.63) is 168 Å². The normalized spacial score (nSPS) is 11.7. The van der Waals surface area contributed by atoms with Crippen molar-refractivity contribution in [3.63, 3.8) is 0 Å². The van der Waals surface area contributed by atoms with Gasteiger partial charge >= 0.3 is 35.4 Å². The molecule has 1 unspecified atom stereocenters. The smallest absolute Gasteiger partial charge is 1.00 e. The SMILES string of the molecule is COCN(c1cc(C)cnc1Br)S(=O)(=O)c1ccc(Cl)c(C(F)(F)F)c1.COCN(c1cc(C)cnc1C(O)c1c(C)ccnc1C)S(=O)(=O)c1ccc(Cl)c(C(F)(F)F)c1.C[CH-]C.Cc1ccnc(C)c1C=O.[Cl-].[Mg+2]. The number of carbonyl (C=O) groups excluding carboxylic acids is 1. The minimum atomic E-state index is -4.86. The number of aryl methyl sites for hydroxylation is 6. The van der Waals surface area contributed by atoms with E-state index in [1.165, 1.54) is 38.7 Å². The summed E-state index contributed by atoms with van der Waals surface area (Å²) in [7, 11) is -6.48. The molecule has 1 N–H and O–H groups in total. The standard InChI is InChI=1S/C23H23ClF3N3O4S.C15H13BrClF3N2O3S.C8H9NO.C3H7.ClH.Mg/c1-13-9-19(21(29-11-13)22(31)20-14(2)7-8-28-15(20)3)30(12-34-4)35(32,33)16-5-6-18(24)17(10-16)23(25,26)27;1-9-5-13(14(16)21-7-9)22(8-25-2)26(23,24)10-3-4-12(17)11(6-10)15(18,19)20;1-6-3-4-9-7(2)8(6)5-10;1-3-2;;/h5-11,22,31H,12H2,1-4H3;3-7H,8H2,1-2H3;3-5H,1-2H3;3H,1-2H3;1H;/q;;;-1;;+2/p-1. The molecule has 4 aromatic heterocycles. The van der Waals surface area contributed by atoms with Gasteiger partial charge in [0.2, 0.25) is 0 Å². The molecule has 6 aromatic rings. The number of sulfonamides is 2. The van der Waals surface area contributed by atoms with E-state index in [4.69, 9.17) is 32.7 Å². The van der Waals surface area contributed by atoms with Crippen molar-refractivity contribution in [3.8, 4) is 0 Å². The molecule has 6 rings (SSSR count). The number of aliphatic hydroxyl groups excluding tert-OH is 1. The number of aliphatic hydroxyl groups is 1. The molecule has 76 heavy (non-hydrogen) atoms. The average Bonchev–Trinajstić information content (AvgIpc) is 3.31. The fourth-order valence-electron chi connectivity index (χ4n) is 6.62. The maximum absolute atomic E-state index is 13.6. The van der Waals surface area contributed by atoms with Gasteiger partial charge in [-0.2, -0.15) is 40.2 Å². The van der Waals surface area contributed by atoms with Crippen molar-refractivity contribution in [2.45, 2.75) is 83.6 Å². The molecule has 2 aromatic carbocycles. The van der Waals surface area contributed by atoms with Crippen LogP contribution in [0.5, 0.6) is 0 Å². The number of pyridine rings is 4. The molecule has 0 aliphatic carbocycles. The number of aldehydes is 1. The van der Waals surface area contributed by atoms with Gasteiger partial charge in [-0.15, -0.1) is 0 Å². The second-order valence-electron chi connectivity index (χ2n) is 15.9. The number of nitrogens with zero attached hydrogens (tertiary/aromatic N) is 6. The van der Waals surface area contributed by atoms with E-state index < -0.39 is 82.9 Å². The van der Waals surface area contributed by atoms with Gasteiger partial charge in [0, 0.05) is 61.5 Å². The maximum atomic E-state index is 13.6. The molecule has 0 aliphatic heterocycles. The zero-order valence-corrected chi connectivity index (χ0v) is 49.4. The van der Waals surface area contributed by atoms with Crippen LogP contribution in [0.25, 0.3) is 0 Å². The second-order valence-corrected chi connectivity index (χ2v) is 21.2. The first-order valence-corrected chi connectivity index (χ1v) is 25.9. The fraction of sp³-hybridized carbons (Fsp3) is 0.306. The molecular weight excluding hydrogens is 1190 g/mol.